The Morgan fingerprint density at radius 2 is 1.78 bits per heavy atom. The highest BCUT2D eigenvalue weighted by atomic mass is 127. The maximum absolute atomic E-state index is 11.3. The van der Waals surface area contributed by atoms with E-state index in [4.69, 9.17) is 16.7 Å². The van der Waals surface area contributed by atoms with E-state index in [-0.39, 0.29) is 28.9 Å². The highest BCUT2D eigenvalue weighted by molar-refractivity contribution is 14.0. The first-order chi connectivity index (χ1) is 12.4. The summed E-state index contributed by atoms with van der Waals surface area (Å²) in [7, 11) is -3.65. The van der Waals surface area contributed by atoms with Crippen molar-refractivity contribution < 1.29 is 8.42 Å². The summed E-state index contributed by atoms with van der Waals surface area (Å²) in [6, 6.07) is 14.2. The van der Waals surface area contributed by atoms with E-state index in [2.05, 4.69) is 15.6 Å². The molecule has 0 aromatic heterocycles. The van der Waals surface area contributed by atoms with E-state index < -0.39 is 10.0 Å². The van der Waals surface area contributed by atoms with Crippen LogP contribution >= 0.6 is 35.6 Å². The van der Waals surface area contributed by atoms with Crippen LogP contribution in [0.25, 0.3) is 0 Å². The Balaban J connectivity index is 0.00000364. The van der Waals surface area contributed by atoms with Crippen LogP contribution in [0.5, 0.6) is 0 Å². The number of guanidine groups is 1. The summed E-state index contributed by atoms with van der Waals surface area (Å²) >= 11 is 6.15. The summed E-state index contributed by atoms with van der Waals surface area (Å²) in [5.74, 6) is 0.702. The highest BCUT2D eigenvalue weighted by Gasteiger charge is 2.06. The van der Waals surface area contributed by atoms with Gasteiger partial charge in [0.2, 0.25) is 10.0 Å². The van der Waals surface area contributed by atoms with Gasteiger partial charge >= 0.3 is 0 Å². The second-order valence-corrected chi connectivity index (χ2v) is 7.62. The van der Waals surface area contributed by atoms with Crippen LogP contribution in [-0.2, 0) is 23.0 Å². The summed E-state index contributed by atoms with van der Waals surface area (Å²) in [6.07, 6.45) is 0.724. The van der Waals surface area contributed by atoms with Crippen molar-refractivity contribution in [2.24, 2.45) is 10.1 Å². The SMILES string of the molecule is CCNC(=NCc1ccccc1Cl)NCCc1ccc(S(N)(=O)=O)cc1.I. The molecule has 2 rings (SSSR count). The number of benzene rings is 2. The minimum atomic E-state index is -3.65. The Labute approximate surface area is 182 Å². The number of nitrogens with two attached hydrogens (primary N) is 1. The molecule has 4 N–H and O–H groups in total. The van der Waals surface area contributed by atoms with E-state index in [0.29, 0.717) is 24.1 Å². The number of hydrogen-bond acceptors (Lipinski definition) is 3. The number of primary sulfonamides is 1. The van der Waals surface area contributed by atoms with Crippen LogP contribution in [0.2, 0.25) is 5.02 Å². The zero-order chi connectivity index (χ0) is 19.0. The number of hydrogen-bond donors (Lipinski definition) is 3. The van der Waals surface area contributed by atoms with Crippen molar-refractivity contribution in [3.8, 4) is 0 Å². The standard InChI is InChI=1S/C18H23ClN4O2S.HI/c1-2-21-18(23-13-15-5-3-4-6-17(15)19)22-12-11-14-7-9-16(10-8-14)26(20,24)25;/h3-10H,2,11-13H2,1H3,(H2,20,24,25)(H2,21,22,23);1H. The molecule has 0 aliphatic carbocycles. The van der Waals surface area contributed by atoms with Crippen molar-refractivity contribution in [1.29, 1.82) is 0 Å². The number of sulfonamides is 1. The van der Waals surface area contributed by atoms with Crippen LogP contribution in [0.15, 0.2) is 58.4 Å². The predicted octanol–water partition coefficient (Wildman–Crippen LogP) is 2.90. The molecular weight excluding hydrogens is 499 g/mol. The third-order valence-corrected chi connectivity index (χ3v) is 4.97. The monoisotopic (exact) mass is 522 g/mol. The average molecular weight is 523 g/mol. The number of aliphatic imine (C=N–C) groups is 1. The lowest BCUT2D eigenvalue weighted by Crippen LogP contribution is -2.38. The summed E-state index contributed by atoms with van der Waals surface area (Å²) in [6.45, 7) is 3.89. The van der Waals surface area contributed by atoms with Gasteiger partial charge in [-0.1, -0.05) is 41.9 Å². The summed E-state index contributed by atoms with van der Waals surface area (Å²) < 4.78 is 22.5. The fourth-order valence-corrected chi connectivity index (χ4v) is 3.01. The van der Waals surface area contributed by atoms with Crippen LogP contribution in [0, 0.1) is 0 Å². The Morgan fingerprint density at radius 3 is 2.37 bits per heavy atom. The molecule has 0 fully saturated rings. The number of halogens is 2. The molecule has 27 heavy (non-hydrogen) atoms. The zero-order valence-corrected chi connectivity index (χ0v) is 18.9. The molecule has 0 aliphatic rings. The lowest BCUT2D eigenvalue weighted by Gasteiger charge is -2.12. The third-order valence-electron chi connectivity index (χ3n) is 3.67. The minimum Gasteiger partial charge on any atom is -0.357 e. The fourth-order valence-electron chi connectivity index (χ4n) is 2.30. The molecule has 2 aromatic rings. The molecule has 0 heterocycles. The van der Waals surface area contributed by atoms with Crippen LogP contribution in [-0.4, -0.2) is 27.5 Å². The molecule has 0 saturated heterocycles. The number of nitrogens with zero attached hydrogens (tertiary/aromatic N) is 1. The molecule has 0 radical (unpaired) electrons. The van der Waals surface area contributed by atoms with E-state index in [0.717, 1.165) is 24.1 Å². The van der Waals surface area contributed by atoms with Crippen LogP contribution in [0.3, 0.4) is 0 Å². The van der Waals surface area contributed by atoms with E-state index in [9.17, 15) is 8.42 Å². The van der Waals surface area contributed by atoms with E-state index in [1.807, 2.05) is 31.2 Å². The summed E-state index contributed by atoms with van der Waals surface area (Å²) in [5.41, 5.74) is 1.97. The molecule has 0 spiro atoms. The first-order valence-corrected chi connectivity index (χ1v) is 10.2. The Hall–Kier alpha value is -1.36. The van der Waals surface area contributed by atoms with Gasteiger partial charge in [0, 0.05) is 18.1 Å². The van der Waals surface area contributed by atoms with Gasteiger partial charge in [-0.15, -0.1) is 24.0 Å². The van der Waals surface area contributed by atoms with Gasteiger partial charge in [0.25, 0.3) is 0 Å². The van der Waals surface area contributed by atoms with Crippen molar-refractivity contribution in [1.82, 2.24) is 10.6 Å². The zero-order valence-electron chi connectivity index (χ0n) is 15.0. The molecule has 9 heteroatoms. The predicted molar refractivity (Wildman–Crippen MR) is 121 cm³/mol. The number of nitrogens with one attached hydrogen (secondary N) is 2. The molecule has 0 saturated carbocycles. The second kappa shape index (κ2) is 11.5. The van der Waals surface area contributed by atoms with Crippen LogP contribution in [0.4, 0.5) is 0 Å². The second-order valence-electron chi connectivity index (χ2n) is 5.65. The van der Waals surface area contributed by atoms with Gasteiger partial charge in [0.05, 0.1) is 11.4 Å². The molecular formula is C18H24ClIN4O2S. The van der Waals surface area contributed by atoms with Gasteiger partial charge in [-0.25, -0.2) is 18.5 Å². The highest BCUT2D eigenvalue weighted by Crippen LogP contribution is 2.15. The average Bonchev–Trinajstić information content (AvgIpc) is 2.60. The molecule has 148 valence electrons. The maximum atomic E-state index is 11.3. The first-order valence-electron chi connectivity index (χ1n) is 8.27. The van der Waals surface area contributed by atoms with Crippen LogP contribution in [0.1, 0.15) is 18.1 Å². The quantitative estimate of drug-likeness (QED) is 0.296. The molecule has 0 atom stereocenters. The van der Waals surface area contributed by atoms with Crippen molar-refractivity contribution in [3.63, 3.8) is 0 Å². The minimum absolute atomic E-state index is 0. The van der Waals surface area contributed by atoms with Gasteiger partial charge in [-0.3, -0.25) is 0 Å². The Bertz CT molecular complexity index is 858. The van der Waals surface area contributed by atoms with Gasteiger partial charge in [0.15, 0.2) is 5.96 Å². The molecule has 6 nitrogen and oxygen atoms in total. The smallest absolute Gasteiger partial charge is 0.238 e. The first kappa shape index (κ1) is 23.7. The van der Waals surface area contributed by atoms with Gasteiger partial charge in [-0.05, 0) is 42.7 Å². The Kier molecular flexibility index (Phi) is 10.1. The molecule has 0 aliphatic heterocycles. The van der Waals surface area contributed by atoms with E-state index in [1.54, 1.807) is 12.1 Å². The fraction of sp³-hybridized carbons (Fsp3) is 0.278. The van der Waals surface area contributed by atoms with E-state index in [1.165, 1.54) is 12.1 Å². The van der Waals surface area contributed by atoms with Crippen molar-refractivity contribution in [2.45, 2.75) is 24.8 Å². The summed E-state index contributed by atoms with van der Waals surface area (Å²) in [4.78, 5) is 4.65. The normalized spacial score (nSPS) is 11.6. The van der Waals surface area contributed by atoms with Crippen molar-refractivity contribution >= 4 is 51.6 Å². The summed E-state index contributed by atoms with van der Waals surface area (Å²) in [5, 5.41) is 12.2. The molecule has 2 aromatic carbocycles. The van der Waals surface area contributed by atoms with Gasteiger partial charge in [-0.2, -0.15) is 0 Å². The molecule has 0 amide bonds. The lowest BCUT2D eigenvalue weighted by molar-refractivity contribution is 0.598. The lowest BCUT2D eigenvalue weighted by atomic mass is 10.1. The van der Waals surface area contributed by atoms with Gasteiger partial charge < -0.3 is 10.6 Å². The number of rotatable bonds is 7. The topological polar surface area (TPSA) is 96.6 Å². The van der Waals surface area contributed by atoms with Crippen molar-refractivity contribution in [2.75, 3.05) is 13.1 Å². The maximum Gasteiger partial charge on any atom is 0.238 e. The van der Waals surface area contributed by atoms with E-state index >= 15 is 0 Å². The van der Waals surface area contributed by atoms with Crippen molar-refractivity contribution in [3.05, 3.63) is 64.7 Å². The van der Waals surface area contributed by atoms with Crippen LogP contribution < -0.4 is 15.8 Å². The third kappa shape index (κ3) is 8.04. The largest absolute Gasteiger partial charge is 0.357 e. The Morgan fingerprint density at radius 1 is 1.11 bits per heavy atom. The molecule has 0 unspecified atom stereocenters. The van der Waals surface area contributed by atoms with Gasteiger partial charge in [0.1, 0.15) is 0 Å². The molecule has 0 bridgehead atoms.